The lowest BCUT2D eigenvalue weighted by atomic mass is 9.75. The van der Waals surface area contributed by atoms with Gasteiger partial charge in [-0.1, -0.05) is 6.42 Å². The lowest BCUT2D eigenvalue weighted by Crippen LogP contribution is -2.50. The highest BCUT2D eigenvalue weighted by atomic mass is 19.1. The molecule has 1 heterocycles. The number of ether oxygens (including phenoxy) is 1. The molecule has 0 radical (unpaired) electrons. The van der Waals surface area contributed by atoms with Crippen molar-refractivity contribution >= 4 is 5.78 Å². The van der Waals surface area contributed by atoms with E-state index in [1.54, 1.807) is 7.11 Å². The molecule has 2 atom stereocenters. The molecule has 22 heavy (non-hydrogen) atoms. The van der Waals surface area contributed by atoms with Gasteiger partial charge in [0.25, 0.3) is 0 Å². The molecular formula is C17H25FN2O2. The topological polar surface area (TPSA) is 51.2 Å². The van der Waals surface area contributed by atoms with Gasteiger partial charge in [-0.15, -0.1) is 0 Å². The molecule has 5 heteroatoms. The van der Waals surface area contributed by atoms with Gasteiger partial charge in [-0.05, 0) is 45.1 Å². The quantitative estimate of drug-likeness (QED) is 0.821. The molecule has 0 aromatic carbocycles. The minimum atomic E-state index is -0.486. The normalized spacial score (nSPS) is 22.5. The maximum atomic E-state index is 13.1. The van der Waals surface area contributed by atoms with Crippen LogP contribution in [0.4, 0.5) is 4.39 Å². The number of aromatic nitrogens is 1. The first-order valence-electron chi connectivity index (χ1n) is 7.84. The molecular weight excluding hydrogens is 283 g/mol. The Morgan fingerprint density at radius 2 is 2.23 bits per heavy atom. The number of pyridine rings is 1. The van der Waals surface area contributed by atoms with Crippen molar-refractivity contribution in [3.05, 3.63) is 29.8 Å². The maximum absolute atomic E-state index is 13.1. The Morgan fingerprint density at radius 1 is 1.45 bits per heavy atom. The van der Waals surface area contributed by atoms with Gasteiger partial charge in [0.15, 0.2) is 5.78 Å². The van der Waals surface area contributed by atoms with Crippen LogP contribution in [0, 0.1) is 11.7 Å². The van der Waals surface area contributed by atoms with Crippen molar-refractivity contribution in [1.82, 2.24) is 10.3 Å². The molecule has 0 unspecified atom stereocenters. The number of carbonyl (C=O) groups excluding carboxylic acids is 1. The number of nitrogens with zero attached hydrogens (tertiary/aromatic N) is 1. The number of rotatable bonds is 6. The summed E-state index contributed by atoms with van der Waals surface area (Å²) in [5, 5.41) is 3.34. The van der Waals surface area contributed by atoms with E-state index >= 15 is 0 Å². The molecule has 1 aromatic heterocycles. The standard InChI is InChI=1S/C17H25FN2O2/c1-17(2,13-5-4-6-15(8-13)22-3)20-11-16(21)12-7-14(18)10-19-9-12/h7,9-10,13,15,20H,4-6,8,11H2,1-3H3/t13-,15+/m1/s1. The number of hydrogen-bond donors (Lipinski definition) is 1. The van der Waals surface area contributed by atoms with E-state index in [1.165, 1.54) is 12.3 Å². The molecule has 1 aliphatic rings. The second-order valence-corrected chi connectivity index (χ2v) is 6.61. The van der Waals surface area contributed by atoms with E-state index in [-0.39, 0.29) is 17.9 Å². The van der Waals surface area contributed by atoms with Crippen molar-refractivity contribution in [3.8, 4) is 0 Å². The van der Waals surface area contributed by atoms with Crippen LogP contribution in [0.25, 0.3) is 0 Å². The van der Waals surface area contributed by atoms with Gasteiger partial charge in [0, 0.05) is 24.4 Å². The van der Waals surface area contributed by atoms with Crippen LogP contribution in [0.5, 0.6) is 0 Å². The molecule has 1 aromatic rings. The molecule has 2 rings (SSSR count). The molecule has 0 bridgehead atoms. The number of carbonyl (C=O) groups is 1. The Balaban J connectivity index is 1.93. The first kappa shape index (κ1) is 17.0. The third kappa shape index (κ3) is 4.34. The minimum absolute atomic E-state index is 0.140. The molecule has 0 saturated heterocycles. The van der Waals surface area contributed by atoms with E-state index in [2.05, 4.69) is 24.1 Å². The smallest absolute Gasteiger partial charge is 0.178 e. The fourth-order valence-electron chi connectivity index (χ4n) is 3.13. The zero-order valence-electron chi connectivity index (χ0n) is 13.6. The third-order valence-corrected chi connectivity index (χ3v) is 4.71. The van der Waals surface area contributed by atoms with Crippen molar-refractivity contribution in [2.75, 3.05) is 13.7 Å². The molecule has 1 saturated carbocycles. The van der Waals surface area contributed by atoms with Crippen molar-refractivity contribution in [2.24, 2.45) is 5.92 Å². The molecule has 122 valence electrons. The van der Waals surface area contributed by atoms with Crippen LogP contribution < -0.4 is 5.32 Å². The van der Waals surface area contributed by atoms with E-state index in [0.29, 0.717) is 17.6 Å². The zero-order valence-corrected chi connectivity index (χ0v) is 13.6. The van der Waals surface area contributed by atoms with Crippen molar-refractivity contribution in [2.45, 2.75) is 51.2 Å². The van der Waals surface area contributed by atoms with Crippen molar-refractivity contribution in [1.29, 1.82) is 0 Å². The lowest BCUT2D eigenvalue weighted by molar-refractivity contribution is 0.0298. The summed E-state index contributed by atoms with van der Waals surface area (Å²) in [5.41, 5.74) is 0.148. The van der Waals surface area contributed by atoms with E-state index < -0.39 is 5.82 Å². The molecule has 4 nitrogen and oxygen atoms in total. The molecule has 1 aliphatic carbocycles. The summed E-state index contributed by atoms with van der Waals surface area (Å²) >= 11 is 0. The summed E-state index contributed by atoms with van der Waals surface area (Å²) in [5.74, 6) is -0.163. The van der Waals surface area contributed by atoms with Crippen LogP contribution in [0.2, 0.25) is 0 Å². The number of hydrogen-bond acceptors (Lipinski definition) is 4. The second kappa shape index (κ2) is 7.29. The van der Waals surface area contributed by atoms with Crippen LogP contribution in [0.1, 0.15) is 49.9 Å². The van der Waals surface area contributed by atoms with E-state index in [9.17, 15) is 9.18 Å². The highest BCUT2D eigenvalue weighted by molar-refractivity contribution is 5.97. The van der Waals surface area contributed by atoms with E-state index in [0.717, 1.165) is 31.9 Å². The lowest BCUT2D eigenvalue weighted by Gasteiger charge is -2.40. The zero-order chi connectivity index (χ0) is 16.2. The van der Waals surface area contributed by atoms with Gasteiger partial charge in [-0.3, -0.25) is 9.78 Å². The molecule has 1 fully saturated rings. The summed E-state index contributed by atoms with van der Waals surface area (Å²) in [6.07, 6.45) is 7.21. The monoisotopic (exact) mass is 308 g/mol. The number of Topliss-reactive ketones (excluding diaryl/α,β-unsaturated/α-hetero) is 1. The van der Waals surface area contributed by atoms with Gasteiger partial charge in [-0.2, -0.15) is 0 Å². The number of halogens is 1. The summed E-state index contributed by atoms with van der Waals surface area (Å²) in [6, 6.07) is 1.23. The van der Waals surface area contributed by atoms with Crippen molar-refractivity contribution in [3.63, 3.8) is 0 Å². The molecule has 0 aliphatic heterocycles. The SMILES string of the molecule is CO[C@H]1CCC[C@@H](C(C)(C)NCC(=O)c2cncc(F)c2)C1. The largest absolute Gasteiger partial charge is 0.381 e. The molecule has 0 spiro atoms. The highest BCUT2D eigenvalue weighted by Gasteiger charge is 2.34. The van der Waals surface area contributed by atoms with Crippen LogP contribution in [0.15, 0.2) is 18.5 Å². The number of methoxy groups -OCH3 is 1. The predicted molar refractivity (Wildman–Crippen MR) is 83.4 cm³/mol. The Kier molecular flexibility index (Phi) is 5.64. The number of ketones is 1. The summed E-state index contributed by atoms with van der Waals surface area (Å²) in [6.45, 7) is 4.42. The van der Waals surface area contributed by atoms with Gasteiger partial charge < -0.3 is 10.1 Å². The molecule has 1 N–H and O–H groups in total. The van der Waals surface area contributed by atoms with Crippen molar-refractivity contribution < 1.29 is 13.9 Å². The first-order chi connectivity index (χ1) is 10.4. The molecule has 0 amide bonds. The Labute approximate surface area is 131 Å². The summed E-state index contributed by atoms with van der Waals surface area (Å²) in [4.78, 5) is 15.9. The van der Waals surface area contributed by atoms with Gasteiger partial charge in [0.2, 0.25) is 0 Å². The maximum Gasteiger partial charge on any atom is 0.178 e. The van der Waals surface area contributed by atoms with Crippen LogP contribution in [-0.2, 0) is 4.74 Å². The Bertz CT molecular complexity index is 519. The van der Waals surface area contributed by atoms with Crippen LogP contribution >= 0.6 is 0 Å². The average molecular weight is 308 g/mol. The first-order valence-corrected chi connectivity index (χ1v) is 7.84. The fraction of sp³-hybridized carbons (Fsp3) is 0.647. The van der Waals surface area contributed by atoms with Gasteiger partial charge in [-0.25, -0.2) is 4.39 Å². The van der Waals surface area contributed by atoms with Crippen LogP contribution in [0.3, 0.4) is 0 Å². The van der Waals surface area contributed by atoms with E-state index in [4.69, 9.17) is 4.74 Å². The second-order valence-electron chi connectivity index (χ2n) is 6.61. The van der Waals surface area contributed by atoms with Gasteiger partial charge in [0.1, 0.15) is 5.82 Å². The van der Waals surface area contributed by atoms with Gasteiger partial charge >= 0.3 is 0 Å². The van der Waals surface area contributed by atoms with Gasteiger partial charge in [0.05, 0.1) is 18.8 Å². The summed E-state index contributed by atoms with van der Waals surface area (Å²) in [7, 11) is 1.76. The predicted octanol–water partition coefficient (Wildman–Crippen LogP) is 2.98. The summed E-state index contributed by atoms with van der Waals surface area (Å²) < 4.78 is 18.6. The average Bonchev–Trinajstić information content (AvgIpc) is 2.52. The fourth-order valence-corrected chi connectivity index (χ4v) is 3.13. The number of nitrogens with one attached hydrogen (secondary N) is 1. The van der Waals surface area contributed by atoms with Crippen LogP contribution in [-0.4, -0.2) is 36.1 Å². The Hall–Kier alpha value is -1.33. The minimum Gasteiger partial charge on any atom is -0.381 e. The highest BCUT2D eigenvalue weighted by Crippen LogP contribution is 2.33. The van der Waals surface area contributed by atoms with E-state index in [1.807, 2.05) is 0 Å². The Morgan fingerprint density at radius 3 is 2.91 bits per heavy atom. The third-order valence-electron chi connectivity index (χ3n) is 4.71.